The zero-order valence-electron chi connectivity index (χ0n) is 20.0. The van der Waals surface area contributed by atoms with Crippen LogP contribution in [0.15, 0.2) is 24.7 Å². The maximum absolute atomic E-state index is 12.5. The number of hydrogen-bond acceptors (Lipinski definition) is 7. The van der Waals surface area contributed by atoms with Crippen LogP contribution in [0.25, 0.3) is 16.6 Å². The molecule has 4 heterocycles. The molecule has 1 unspecified atom stereocenters. The van der Waals surface area contributed by atoms with Crippen molar-refractivity contribution in [2.45, 2.75) is 63.1 Å². The quantitative estimate of drug-likeness (QED) is 0.549. The lowest BCUT2D eigenvalue weighted by Crippen LogP contribution is -2.24. The third-order valence-electron chi connectivity index (χ3n) is 7.08. The van der Waals surface area contributed by atoms with E-state index in [0.717, 1.165) is 61.0 Å². The number of fused-ring (bicyclic) bond motifs is 1. The molecule has 1 amide bonds. The number of nitrogens with one attached hydrogen (secondary N) is 1. The van der Waals surface area contributed by atoms with Crippen molar-refractivity contribution in [3.05, 3.63) is 30.4 Å². The molecule has 34 heavy (non-hydrogen) atoms. The van der Waals surface area contributed by atoms with Crippen LogP contribution in [0.2, 0.25) is 0 Å². The van der Waals surface area contributed by atoms with E-state index in [9.17, 15) is 9.90 Å². The van der Waals surface area contributed by atoms with Gasteiger partial charge in [0.25, 0.3) is 0 Å². The number of aliphatic hydroxyl groups is 1. The Kier molecular flexibility index (Phi) is 6.26. The average Bonchev–Trinajstić information content (AvgIpc) is 3.52. The molecule has 182 valence electrons. The second-order valence-corrected chi connectivity index (χ2v) is 9.64. The number of amides is 1. The summed E-state index contributed by atoms with van der Waals surface area (Å²) >= 11 is 0. The van der Waals surface area contributed by atoms with Crippen LogP contribution in [0.5, 0.6) is 0 Å². The van der Waals surface area contributed by atoms with Crippen molar-refractivity contribution >= 4 is 17.4 Å². The van der Waals surface area contributed by atoms with Gasteiger partial charge in [-0.3, -0.25) is 9.48 Å². The Balaban J connectivity index is 1.52. The second kappa shape index (κ2) is 9.34. The van der Waals surface area contributed by atoms with E-state index in [1.807, 2.05) is 37.1 Å². The van der Waals surface area contributed by atoms with Crippen molar-refractivity contribution in [2.24, 2.45) is 0 Å². The van der Waals surface area contributed by atoms with Gasteiger partial charge in [-0.1, -0.05) is 0 Å². The number of methoxy groups -OCH3 is 1. The smallest absolute Gasteiger partial charge is 0.247 e. The Labute approximate surface area is 198 Å². The van der Waals surface area contributed by atoms with Gasteiger partial charge in [0.05, 0.1) is 30.6 Å². The summed E-state index contributed by atoms with van der Waals surface area (Å²) in [6.07, 6.45) is 9.60. The van der Waals surface area contributed by atoms with Crippen LogP contribution in [-0.4, -0.2) is 79.7 Å². The molecular formula is C24H33N7O3. The van der Waals surface area contributed by atoms with Crippen LogP contribution in [0.4, 0.5) is 5.95 Å². The molecule has 1 saturated heterocycles. The van der Waals surface area contributed by atoms with E-state index in [-0.39, 0.29) is 24.1 Å². The van der Waals surface area contributed by atoms with E-state index >= 15 is 0 Å². The molecule has 0 bridgehead atoms. The van der Waals surface area contributed by atoms with Crippen LogP contribution in [-0.2, 0) is 9.53 Å². The molecule has 1 aliphatic heterocycles. The third kappa shape index (κ3) is 4.27. The minimum absolute atomic E-state index is 0.0751. The maximum Gasteiger partial charge on any atom is 0.247 e. The van der Waals surface area contributed by atoms with Gasteiger partial charge in [-0.2, -0.15) is 5.10 Å². The predicted molar refractivity (Wildman–Crippen MR) is 128 cm³/mol. The number of ether oxygens (including phenoxy) is 1. The summed E-state index contributed by atoms with van der Waals surface area (Å²) in [6, 6.07) is 2.01. The van der Waals surface area contributed by atoms with Gasteiger partial charge in [-0.05, 0) is 45.1 Å². The summed E-state index contributed by atoms with van der Waals surface area (Å²) in [6.45, 7) is 3.33. The van der Waals surface area contributed by atoms with Gasteiger partial charge >= 0.3 is 0 Å². The predicted octanol–water partition coefficient (Wildman–Crippen LogP) is 2.46. The first-order valence-corrected chi connectivity index (χ1v) is 12.1. The molecule has 0 aromatic carbocycles. The molecule has 2 fully saturated rings. The summed E-state index contributed by atoms with van der Waals surface area (Å²) < 4.78 is 8.99. The third-order valence-corrected chi connectivity index (χ3v) is 7.08. The van der Waals surface area contributed by atoms with Crippen molar-refractivity contribution in [3.63, 3.8) is 0 Å². The second-order valence-electron chi connectivity index (χ2n) is 9.64. The topological polar surface area (TPSA) is 110 Å². The van der Waals surface area contributed by atoms with Gasteiger partial charge in [0.2, 0.25) is 11.9 Å². The number of carbonyl (C=O) groups is 1. The maximum atomic E-state index is 12.5. The van der Waals surface area contributed by atoms with Gasteiger partial charge < -0.3 is 20.1 Å². The molecule has 2 aliphatic rings. The molecule has 1 aliphatic carbocycles. The van der Waals surface area contributed by atoms with E-state index in [1.54, 1.807) is 16.7 Å². The number of aromatic nitrogens is 5. The summed E-state index contributed by atoms with van der Waals surface area (Å²) in [5.74, 6) is 0.956. The van der Waals surface area contributed by atoms with Crippen molar-refractivity contribution in [3.8, 4) is 11.1 Å². The number of likely N-dealkylation sites (tertiary alicyclic amines) is 1. The normalized spacial score (nSPS) is 24.2. The fourth-order valence-electron chi connectivity index (χ4n) is 5.18. The van der Waals surface area contributed by atoms with Gasteiger partial charge in [0.15, 0.2) is 0 Å². The highest BCUT2D eigenvalue weighted by atomic mass is 16.5. The van der Waals surface area contributed by atoms with Gasteiger partial charge in [-0.25, -0.2) is 9.50 Å². The minimum atomic E-state index is -0.249. The number of likely N-dealkylation sites (N-methyl/N-ethyl adjacent to an activating group) is 1. The van der Waals surface area contributed by atoms with E-state index in [2.05, 4.69) is 21.5 Å². The van der Waals surface area contributed by atoms with Crippen LogP contribution in [0.3, 0.4) is 0 Å². The lowest BCUT2D eigenvalue weighted by Gasteiger charge is -2.25. The van der Waals surface area contributed by atoms with Crippen LogP contribution < -0.4 is 5.32 Å². The largest absolute Gasteiger partial charge is 0.393 e. The fraction of sp³-hybridized carbons (Fsp3) is 0.583. The van der Waals surface area contributed by atoms with Crippen LogP contribution in [0.1, 0.15) is 56.7 Å². The first kappa shape index (κ1) is 22.8. The monoisotopic (exact) mass is 467 g/mol. The van der Waals surface area contributed by atoms with E-state index in [0.29, 0.717) is 18.5 Å². The molecule has 2 N–H and O–H groups in total. The number of aliphatic hydroxyl groups excluding tert-OH is 1. The molecule has 3 aromatic rings. The number of hydrogen-bond donors (Lipinski definition) is 2. The Morgan fingerprint density at radius 3 is 2.74 bits per heavy atom. The lowest BCUT2D eigenvalue weighted by atomic mass is 9.85. The fourth-order valence-corrected chi connectivity index (χ4v) is 5.18. The molecule has 10 heteroatoms. The SMILES string of the molecule is COC[C@H](C)Nc1ncc2c(-c3cnn(C4CCN(C)C4=O)c3)cc([C@H]3CC[C@H](O)CC3)n2n1. The summed E-state index contributed by atoms with van der Waals surface area (Å²) in [5, 5.41) is 22.7. The van der Waals surface area contributed by atoms with Crippen LogP contribution >= 0.6 is 0 Å². The first-order valence-electron chi connectivity index (χ1n) is 12.1. The number of nitrogens with zero attached hydrogens (tertiary/aromatic N) is 6. The lowest BCUT2D eigenvalue weighted by molar-refractivity contribution is -0.129. The molecule has 10 nitrogen and oxygen atoms in total. The Morgan fingerprint density at radius 1 is 1.24 bits per heavy atom. The van der Waals surface area contributed by atoms with Crippen molar-refractivity contribution in [1.82, 2.24) is 29.3 Å². The molecule has 2 atom stereocenters. The average molecular weight is 468 g/mol. The molecule has 5 rings (SSSR count). The highest BCUT2D eigenvalue weighted by molar-refractivity contribution is 5.83. The molecule has 0 radical (unpaired) electrons. The molecule has 0 spiro atoms. The minimum Gasteiger partial charge on any atom is -0.393 e. The summed E-state index contributed by atoms with van der Waals surface area (Å²) in [5.41, 5.74) is 3.97. The van der Waals surface area contributed by atoms with Crippen molar-refractivity contribution in [1.29, 1.82) is 0 Å². The molecule has 1 saturated carbocycles. The van der Waals surface area contributed by atoms with E-state index in [4.69, 9.17) is 9.84 Å². The Hall–Kier alpha value is -2.98. The van der Waals surface area contributed by atoms with Gasteiger partial charge in [0, 0.05) is 55.7 Å². The standard InChI is InChI=1S/C24H33N7O3/c1-15(14-34-3)27-24-25-12-22-19(10-21(31(22)28-24)16-4-6-18(32)7-5-16)17-11-26-30(13-17)20-8-9-29(2)23(20)33/h10-13,15-16,18,20,32H,4-9,14H2,1-3H3,(H,27,28)/t15-,16-,18-,20?/m0/s1. The Morgan fingerprint density at radius 2 is 2.03 bits per heavy atom. The molecule has 3 aromatic heterocycles. The molecular weight excluding hydrogens is 434 g/mol. The highest BCUT2D eigenvalue weighted by Gasteiger charge is 2.32. The zero-order chi connectivity index (χ0) is 23.8. The number of rotatable bonds is 7. The van der Waals surface area contributed by atoms with E-state index < -0.39 is 0 Å². The summed E-state index contributed by atoms with van der Waals surface area (Å²) in [7, 11) is 3.51. The van der Waals surface area contributed by atoms with Crippen molar-refractivity contribution < 1.29 is 14.6 Å². The number of anilines is 1. The van der Waals surface area contributed by atoms with Gasteiger partial charge in [-0.15, -0.1) is 5.10 Å². The summed E-state index contributed by atoms with van der Waals surface area (Å²) in [4.78, 5) is 18.8. The zero-order valence-corrected chi connectivity index (χ0v) is 20.0. The van der Waals surface area contributed by atoms with Gasteiger partial charge in [0.1, 0.15) is 6.04 Å². The first-order chi connectivity index (χ1) is 16.4. The van der Waals surface area contributed by atoms with Crippen molar-refractivity contribution in [2.75, 3.05) is 32.6 Å². The Bertz CT molecular complexity index is 1160. The van der Waals surface area contributed by atoms with E-state index in [1.165, 1.54) is 0 Å². The van der Waals surface area contributed by atoms with Crippen LogP contribution in [0, 0.1) is 0 Å². The number of carbonyl (C=O) groups excluding carboxylic acids is 1. The highest BCUT2D eigenvalue weighted by Crippen LogP contribution is 2.38.